The number of piperidine rings is 1. The number of hydrogen-bond donors (Lipinski definition) is 0. The van der Waals surface area contributed by atoms with E-state index in [-0.39, 0.29) is 11.7 Å². The van der Waals surface area contributed by atoms with Gasteiger partial charge in [-0.25, -0.2) is 4.39 Å². The fourth-order valence-corrected chi connectivity index (χ4v) is 2.64. The Bertz CT molecular complexity index is 402. The van der Waals surface area contributed by atoms with Crippen molar-refractivity contribution >= 4 is 28.5 Å². The highest BCUT2D eigenvalue weighted by molar-refractivity contribution is 14.1. The second-order valence-corrected chi connectivity index (χ2v) is 5.14. The Morgan fingerprint density at radius 3 is 2.56 bits per heavy atom. The maximum absolute atomic E-state index is 12.9. The van der Waals surface area contributed by atoms with Crippen LogP contribution in [0, 0.1) is 9.39 Å². The quantitative estimate of drug-likeness (QED) is 0.724. The van der Waals surface area contributed by atoms with Crippen LogP contribution in [0.3, 0.4) is 0 Å². The van der Waals surface area contributed by atoms with Gasteiger partial charge in [0, 0.05) is 16.7 Å². The zero-order chi connectivity index (χ0) is 11.5. The summed E-state index contributed by atoms with van der Waals surface area (Å²) in [6.07, 6.45) is 3.34. The monoisotopic (exact) mass is 333 g/mol. The molecule has 1 aliphatic rings. The first kappa shape index (κ1) is 11.8. The molecule has 0 aliphatic carbocycles. The third-order valence-electron chi connectivity index (χ3n) is 2.80. The molecule has 2 rings (SSSR count). The number of halogens is 2. The van der Waals surface area contributed by atoms with Gasteiger partial charge in [0.25, 0.3) is 5.91 Å². The first-order chi connectivity index (χ1) is 7.68. The fraction of sp³-hybridized carbons (Fsp3) is 0.417. The van der Waals surface area contributed by atoms with Gasteiger partial charge in [-0.2, -0.15) is 0 Å². The summed E-state index contributed by atoms with van der Waals surface area (Å²) in [7, 11) is 0. The molecular weight excluding hydrogens is 320 g/mol. The molecule has 1 heterocycles. The number of carbonyl (C=O) groups excluding carboxylic acids is 1. The number of carbonyl (C=O) groups is 1. The average molecular weight is 333 g/mol. The van der Waals surface area contributed by atoms with Gasteiger partial charge in [0.05, 0.1) is 5.56 Å². The molecule has 0 bridgehead atoms. The van der Waals surface area contributed by atoms with Gasteiger partial charge < -0.3 is 4.90 Å². The van der Waals surface area contributed by atoms with Gasteiger partial charge in [-0.1, -0.05) is 0 Å². The second kappa shape index (κ2) is 5.12. The maximum atomic E-state index is 12.9. The number of rotatable bonds is 1. The summed E-state index contributed by atoms with van der Waals surface area (Å²) in [4.78, 5) is 14.0. The molecule has 0 saturated carbocycles. The Morgan fingerprint density at radius 1 is 1.25 bits per heavy atom. The van der Waals surface area contributed by atoms with Crippen molar-refractivity contribution in [2.75, 3.05) is 13.1 Å². The zero-order valence-corrected chi connectivity index (χ0v) is 11.0. The lowest BCUT2D eigenvalue weighted by atomic mass is 10.1. The fourth-order valence-electron chi connectivity index (χ4n) is 1.93. The van der Waals surface area contributed by atoms with E-state index in [0.717, 1.165) is 25.9 Å². The van der Waals surface area contributed by atoms with Gasteiger partial charge in [0.1, 0.15) is 5.82 Å². The molecule has 1 amide bonds. The van der Waals surface area contributed by atoms with Gasteiger partial charge in [0.15, 0.2) is 0 Å². The first-order valence-corrected chi connectivity index (χ1v) is 6.50. The van der Waals surface area contributed by atoms with Crippen LogP contribution in [0.25, 0.3) is 0 Å². The number of benzene rings is 1. The van der Waals surface area contributed by atoms with Gasteiger partial charge in [-0.05, 0) is 60.1 Å². The van der Waals surface area contributed by atoms with E-state index in [0.29, 0.717) is 9.13 Å². The van der Waals surface area contributed by atoms with Crippen LogP contribution >= 0.6 is 22.6 Å². The van der Waals surface area contributed by atoms with Crippen LogP contribution in [-0.2, 0) is 0 Å². The Balaban J connectivity index is 2.19. The lowest BCUT2D eigenvalue weighted by molar-refractivity contribution is 0.0723. The lowest BCUT2D eigenvalue weighted by Gasteiger charge is -2.27. The van der Waals surface area contributed by atoms with E-state index in [4.69, 9.17) is 0 Å². The summed E-state index contributed by atoms with van der Waals surface area (Å²) in [5.41, 5.74) is 0.615. The molecule has 86 valence electrons. The van der Waals surface area contributed by atoms with Gasteiger partial charge in [0.2, 0.25) is 0 Å². The van der Waals surface area contributed by atoms with E-state index >= 15 is 0 Å². The van der Waals surface area contributed by atoms with Crippen molar-refractivity contribution in [3.8, 4) is 0 Å². The molecule has 16 heavy (non-hydrogen) atoms. The average Bonchev–Trinajstić information content (AvgIpc) is 2.29. The zero-order valence-electron chi connectivity index (χ0n) is 8.88. The smallest absolute Gasteiger partial charge is 0.254 e. The molecule has 0 spiro atoms. The standard InChI is InChI=1S/C12H13FINO/c13-9-4-5-10(11(14)8-9)12(16)15-6-2-1-3-7-15/h4-5,8H,1-3,6-7H2. The Morgan fingerprint density at radius 2 is 1.94 bits per heavy atom. The van der Waals surface area contributed by atoms with Gasteiger partial charge in [-0.3, -0.25) is 4.79 Å². The van der Waals surface area contributed by atoms with Crippen LogP contribution in [0.1, 0.15) is 29.6 Å². The summed E-state index contributed by atoms with van der Waals surface area (Å²) >= 11 is 2.01. The van der Waals surface area contributed by atoms with E-state index in [2.05, 4.69) is 0 Å². The molecule has 1 aliphatic heterocycles. The highest BCUT2D eigenvalue weighted by atomic mass is 127. The molecule has 0 atom stereocenters. The van der Waals surface area contributed by atoms with Crippen molar-refractivity contribution in [3.63, 3.8) is 0 Å². The minimum absolute atomic E-state index is 0.0316. The van der Waals surface area contributed by atoms with Crippen molar-refractivity contribution in [2.24, 2.45) is 0 Å². The Hall–Kier alpha value is -0.650. The molecule has 1 fully saturated rings. The van der Waals surface area contributed by atoms with E-state index in [1.54, 1.807) is 6.07 Å². The van der Waals surface area contributed by atoms with Crippen LogP contribution in [0.5, 0.6) is 0 Å². The molecule has 0 unspecified atom stereocenters. The number of amides is 1. The highest BCUT2D eigenvalue weighted by Gasteiger charge is 2.20. The van der Waals surface area contributed by atoms with Crippen LogP contribution in [0.4, 0.5) is 4.39 Å². The third-order valence-corrected chi connectivity index (χ3v) is 3.70. The molecule has 1 aromatic rings. The molecule has 0 radical (unpaired) electrons. The largest absolute Gasteiger partial charge is 0.339 e. The van der Waals surface area contributed by atoms with E-state index < -0.39 is 0 Å². The molecule has 2 nitrogen and oxygen atoms in total. The summed E-state index contributed by atoms with van der Waals surface area (Å²) in [5.74, 6) is -0.260. The molecule has 1 aromatic carbocycles. The Kier molecular flexibility index (Phi) is 3.78. The predicted molar refractivity (Wildman–Crippen MR) is 68.9 cm³/mol. The number of hydrogen-bond acceptors (Lipinski definition) is 1. The molecule has 0 aromatic heterocycles. The topological polar surface area (TPSA) is 20.3 Å². The van der Waals surface area contributed by atoms with E-state index in [1.165, 1.54) is 18.6 Å². The maximum Gasteiger partial charge on any atom is 0.254 e. The van der Waals surface area contributed by atoms with Crippen LogP contribution < -0.4 is 0 Å². The molecule has 1 saturated heterocycles. The Labute approximate surface area is 108 Å². The third kappa shape index (κ3) is 2.53. The highest BCUT2D eigenvalue weighted by Crippen LogP contribution is 2.18. The van der Waals surface area contributed by atoms with E-state index in [9.17, 15) is 9.18 Å². The SMILES string of the molecule is O=C(c1ccc(F)cc1I)N1CCCCC1. The summed E-state index contributed by atoms with van der Waals surface area (Å²) < 4.78 is 13.6. The lowest BCUT2D eigenvalue weighted by Crippen LogP contribution is -2.36. The van der Waals surface area contributed by atoms with Gasteiger partial charge >= 0.3 is 0 Å². The van der Waals surface area contributed by atoms with Crippen LogP contribution in [0.15, 0.2) is 18.2 Å². The van der Waals surface area contributed by atoms with Crippen molar-refractivity contribution in [3.05, 3.63) is 33.1 Å². The van der Waals surface area contributed by atoms with E-state index in [1.807, 2.05) is 27.5 Å². The van der Waals surface area contributed by atoms with Crippen molar-refractivity contribution < 1.29 is 9.18 Å². The van der Waals surface area contributed by atoms with Crippen LogP contribution in [-0.4, -0.2) is 23.9 Å². The summed E-state index contributed by atoms with van der Waals surface area (Å²) in [6.45, 7) is 1.65. The van der Waals surface area contributed by atoms with Gasteiger partial charge in [-0.15, -0.1) is 0 Å². The minimum atomic E-state index is -0.292. The number of likely N-dealkylation sites (tertiary alicyclic amines) is 1. The predicted octanol–water partition coefficient (Wildman–Crippen LogP) is 3.06. The van der Waals surface area contributed by atoms with Crippen LogP contribution in [0.2, 0.25) is 0 Å². The number of nitrogens with zero attached hydrogens (tertiary/aromatic N) is 1. The first-order valence-electron chi connectivity index (χ1n) is 5.43. The minimum Gasteiger partial charge on any atom is -0.339 e. The van der Waals surface area contributed by atoms with Crippen molar-refractivity contribution in [2.45, 2.75) is 19.3 Å². The second-order valence-electron chi connectivity index (χ2n) is 3.98. The molecule has 4 heteroatoms. The van der Waals surface area contributed by atoms with Crippen molar-refractivity contribution in [1.29, 1.82) is 0 Å². The normalized spacial score (nSPS) is 16.2. The summed E-state index contributed by atoms with van der Waals surface area (Å²) in [6, 6.07) is 4.32. The van der Waals surface area contributed by atoms with Crippen molar-refractivity contribution in [1.82, 2.24) is 4.90 Å². The molecule has 0 N–H and O–H groups in total. The molecular formula is C12H13FINO. The summed E-state index contributed by atoms with van der Waals surface area (Å²) in [5, 5.41) is 0.